The number of carbonyl (C=O) groups is 1. The Morgan fingerprint density at radius 2 is 1.55 bits per heavy atom. The van der Waals surface area contributed by atoms with Gasteiger partial charge in [0.1, 0.15) is 22.8 Å². The quantitative estimate of drug-likeness (QED) is 0.840. The van der Waals surface area contributed by atoms with E-state index in [2.05, 4.69) is 5.32 Å². The lowest BCUT2D eigenvalue weighted by Gasteiger charge is -2.13. The molecule has 0 aromatic heterocycles. The van der Waals surface area contributed by atoms with Crippen molar-refractivity contribution in [2.24, 2.45) is 0 Å². The first-order chi connectivity index (χ1) is 9.65. The Kier molecular flexibility index (Phi) is 4.10. The Labute approximate surface area is 116 Å². The first-order valence-corrected chi connectivity index (χ1v) is 5.97. The Balaban J connectivity index is 2.31. The van der Waals surface area contributed by atoms with Gasteiger partial charge in [0.25, 0.3) is 5.91 Å². The number of aromatic hydroxyl groups is 1. The van der Waals surface area contributed by atoms with Crippen LogP contribution in [0.15, 0.2) is 42.5 Å². The number of ether oxygens (including phenoxy) is 2. The lowest BCUT2D eigenvalue weighted by Crippen LogP contribution is -2.14. The Hall–Kier alpha value is -2.69. The predicted octanol–water partition coefficient (Wildman–Crippen LogP) is 2.66. The number of benzene rings is 2. The van der Waals surface area contributed by atoms with Crippen molar-refractivity contribution in [3.8, 4) is 17.2 Å². The topological polar surface area (TPSA) is 67.8 Å². The van der Waals surface area contributed by atoms with Crippen LogP contribution in [0.1, 0.15) is 10.4 Å². The van der Waals surface area contributed by atoms with Crippen LogP contribution < -0.4 is 14.8 Å². The predicted molar refractivity (Wildman–Crippen MR) is 75.6 cm³/mol. The van der Waals surface area contributed by atoms with Gasteiger partial charge >= 0.3 is 0 Å². The molecule has 1 amide bonds. The summed E-state index contributed by atoms with van der Waals surface area (Å²) >= 11 is 0. The van der Waals surface area contributed by atoms with Gasteiger partial charge < -0.3 is 19.9 Å². The van der Waals surface area contributed by atoms with E-state index in [0.29, 0.717) is 22.7 Å². The minimum absolute atomic E-state index is 0.137. The van der Waals surface area contributed by atoms with Crippen LogP contribution in [-0.2, 0) is 0 Å². The van der Waals surface area contributed by atoms with Gasteiger partial charge in [-0.05, 0) is 36.4 Å². The maximum Gasteiger partial charge on any atom is 0.263 e. The van der Waals surface area contributed by atoms with Gasteiger partial charge in [-0.2, -0.15) is 0 Å². The van der Waals surface area contributed by atoms with Crippen molar-refractivity contribution < 1.29 is 19.4 Å². The van der Waals surface area contributed by atoms with E-state index in [1.165, 1.54) is 26.4 Å². The summed E-state index contributed by atoms with van der Waals surface area (Å²) in [7, 11) is 2.98. The van der Waals surface area contributed by atoms with E-state index in [1.54, 1.807) is 30.3 Å². The Morgan fingerprint density at radius 1 is 1.00 bits per heavy atom. The summed E-state index contributed by atoms with van der Waals surface area (Å²) in [5, 5.41) is 11.9. The summed E-state index contributed by atoms with van der Waals surface area (Å²) in [4.78, 5) is 12.3. The maximum absolute atomic E-state index is 12.3. The number of phenolic OH excluding ortho intramolecular Hbond substituents is 1. The fourth-order valence-corrected chi connectivity index (χ4v) is 1.81. The van der Waals surface area contributed by atoms with Crippen LogP contribution in [0.25, 0.3) is 0 Å². The second-order valence-corrected chi connectivity index (χ2v) is 4.04. The SMILES string of the molecule is COc1cccc(OC)c1C(=O)Nc1ccc(O)cc1. The highest BCUT2D eigenvalue weighted by Gasteiger charge is 2.18. The normalized spacial score (nSPS) is 9.90. The number of amides is 1. The van der Waals surface area contributed by atoms with Crippen LogP contribution in [-0.4, -0.2) is 25.2 Å². The second-order valence-electron chi connectivity index (χ2n) is 4.04. The van der Waals surface area contributed by atoms with Crippen molar-refractivity contribution in [2.75, 3.05) is 19.5 Å². The highest BCUT2D eigenvalue weighted by atomic mass is 16.5. The second kappa shape index (κ2) is 5.97. The highest BCUT2D eigenvalue weighted by molar-refractivity contribution is 6.08. The zero-order valence-corrected chi connectivity index (χ0v) is 11.2. The molecule has 0 saturated heterocycles. The van der Waals surface area contributed by atoms with Gasteiger partial charge in [0.15, 0.2) is 0 Å². The minimum Gasteiger partial charge on any atom is -0.508 e. The van der Waals surface area contributed by atoms with Crippen LogP contribution in [0.3, 0.4) is 0 Å². The van der Waals surface area contributed by atoms with Crippen molar-refractivity contribution in [2.45, 2.75) is 0 Å². The minimum atomic E-state index is -0.343. The molecule has 2 aromatic carbocycles. The number of hydrogen-bond acceptors (Lipinski definition) is 4. The van der Waals surface area contributed by atoms with Gasteiger partial charge in [-0.3, -0.25) is 4.79 Å². The molecule has 5 heteroatoms. The molecule has 0 radical (unpaired) electrons. The van der Waals surface area contributed by atoms with Crippen LogP contribution in [0, 0.1) is 0 Å². The lowest BCUT2D eigenvalue weighted by atomic mass is 10.1. The smallest absolute Gasteiger partial charge is 0.263 e. The molecule has 2 N–H and O–H groups in total. The summed E-state index contributed by atoms with van der Waals surface area (Å²) in [5.74, 6) is 0.657. The average Bonchev–Trinajstić information content (AvgIpc) is 2.48. The van der Waals surface area contributed by atoms with Gasteiger partial charge in [-0.25, -0.2) is 0 Å². The van der Waals surface area contributed by atoms with E-state index in [0.717, 1.165) is 0 Å². The molecule has 0 aliphatic carbocycles. The molecule has 0 spiro atoms. The third kappa shape index (κ3) is 2.83. The van der Waals surface area contributed by atoms with Crippen LogP contribution in [0.2, 0.25) is 0 Å². The van der Waals surface area contributed by atoms with Gasteiger partial charge in [0.2, 0.25) is 0 Å². The molecule has 104 valence electrons. The van der Waals surface area contributed by atoms with E-state index in [4.69, 9.17) is 9.47 Å². The largest absolute Gasteiger partial charge is 0.508 e. The number of rotatable bonds is 4. The summed E-state index contributed by atoms with van der Waals surface area (Å²) in [6.45, 7) is 0. The highest BCUT2D eigenvalue weighted by Crippen LogP contribution is 2.29. The van der Waals surface area contributed by atoms with E-state index in [9.17, 15) is 9.90 Å². The van der Waals surface area contributed by atoms with Crippen LogP contribution in [0.4, 0.5) is 5.69 Å². The Morgan fingerprint density at radius 3 is 2.05 bits per heavy atom. The third-order valence-electron chi connectivity index (χ3n) is 2.78. The van der Waals surface area contributed by atoms with Crippen molar-refractivity contribution >= 4 is 11.6 Å². The molecule has 0 aliphatic rings. The molecule has 5 nitrogen and oxygen atoms in total. The average molecular weight is 273 g/mol. The molecule has 2 aromatic rings. The van der Waals surface area contributed by atoms with E-state index in [-0.39, 0.29) is 11.7 Å². The molecule has 20 heavy (non-hydrogen) atoms. The number of anilines is 1. The monoisotopic (exact) mass is 273 g/mol. The van der Waals surface area contributed by atoms with Crippen molar-refractivity contribution in [3.63, 3.8) is 0 Å². The molecule has 0 atom stereocenters. The number of methoxy groups -OCH3 is 2. The van der Waals surface area contributed by atoms with Crippen molar-refractivity contribution in [1.82, 2.24) is 0 Å². The van der Waals surface area contributed by atoms with Gasteiger partial charge in [0.05, 0.1) is 14.2 Å². The number of carbonyl (C=O) groups excluding carboxylic acids is 1. The van der Waals surface area contributed by atoms with Gasteiger partial charge in [0, 0.05) is 5.69 Å². The lowest BCUT2D eigenvalue weighted by molar-refractivity contribution is 0.102. The van der Waals surface area contributed by atoms with Gasteiger partial charge in [-0.15, -0.1) is 0 Å². The molecule has 0 unspecified atom stereocenters. The van der Waals surface area contributed by atoms with E-state index >= 15 is 0 Å². The Bertz CT molecular complexity index is 586. The molecule has 0 bridgehead atoms. The van der Waals surface area contributed by atoms with Crippen molar-refractivity contribution in [1.29, 1.82) is 0 Å². The maximum atomic E-state index is 12.3. The molecule has 0 aliphatic heterocycles. The first-order valence-electron chi connectivity index (χ1n) is 5.97. The van der Waals surface area contributed by atoms with E-state index in [1.807, 2.05) is 0 Å². The molecular weight excluding hydrogens is 258 g/mol. The standard InChI is InChI=1S/C15H15NO4/c1-19-12-4-3-5-13(20-2)14(12)15(18)16-10-6-8-11(17)9-7-10/h3-9,17H,1-2H3,(H,16,18). The third-order valence-corrected chi connectivity index (χ3v) is 2.78. The summed E-state index contributed by atoms with van der Waals surface area (Å²) in [6, 6.07) is 11.3. The zero-order valence-electron chi connectivity index (χ0n) is 11.2. The van der Waals surface area contributed by atoms with E-state index < -0.39 is 0 Å². The van der Waals surface area contributed by atoms with Crippen molar-refractivity contribution in [3.05, 3.63) is 48.0 Å². The summed E-state index contributed by atoms with van der Waals surface area (Å²) in [5.41, 5.74) is 0.895. The summed E-state index contributed by atoms with van der Waals surface area (Å²) in [6.07, 6.45) is 0. The molecule has 0 fully saturated rings. The number of nitrogens with one attached hydrogen (secondary N) is 1. The summed E-state index contributed by atoms with van der Waals surface area (Å²) < 4.78 is 10.4. The first kappa shape index (κ1) is 13.7. The number of phenols is 1. The van der Waals surface area contributed by atoms with Crippen LogP contribution in [0.5, 0.6) is 17.2 Å². The fourth-order valence-electron chi connectivity index (χ4n) is 1.81. The van der Waals surface area contributed by atoms with Gasteiger partial charge in [-0.1, -0.05) is 6.07 Å². The molecule has 2 rings (SSSR count). The molecular formula is C15H15NO4. The number of hydrogen-bond donors (Lipinski definition) is 2. The molecule has 0 heterocycles. The van der Waals surface area contributed by atoms with Crippen LogP contribution >= 0.6 is 0 Å². The zero-order chi connectivity index (χ0) is 14.5. The fraction of sp³-hybridized carbons (Fsp3) is 0.133. The molecule has 0 saturated carbocycles.